The summed E-state index contributed by atoms with van der Waals surface area (Å²) >= 11 is 5.72. The molecule has 1 aliphatic carbocycles. The van der Waals surface area contributed by atoms with Crippen molar-refractivity contribution in [1.82, 2.24) is 15.1 Å². The van der Waals surface area contributed by atoms with Crippen LogP contribution in [-0.2, 0) is 13.2 Å². The number of halogens is 4. The molecule has 1 heterocycles. The monoisotopic (exact) mass is 337 g/mol. The standard InChI is InChI=1S/C14H19ClF3N3O/c1-21-12(14(16,17)18)10(15)11(20-21)13(22)19-9-7-5-3-2-4-6-8-9/h9H,2-8H2,1H3,(H,19,22). The Morgan fingerprint density at radius 3 is 2.27 bits per heavy atom. The first-order valence-corrected chi connectivity index (χ1v) is 7.79. The summed E-state index contributed by atoms with van der Waals surface area (Å²) in [6, 6.07) is -0.0276. The SMILES string of the molecule is Cn1nc(C(=O)NC2CCCCCCC2)c(Cl)c1C(F)(F)F. The quantitative estimate of drug-likeness (QED) is 0.888. The topological polar surface area (TPSA) is 46.9 Å². The molecule has 0 aromatic carbocycles. The summed E-state index contributed by atoms with van der Waals surface area (Å²) in [6.07, 6.45) is 2.48. The highest BCUT2D eigenvalue weighted by Gasteiger charge is 2.40. The number of hydrogen-bond acceptors (Lipinski definition) is 2. The average molecular weight is 338 g/mol. The maximum atomic E-state index is 12.9. The van der Waals surface area contributed by atoms with Gasteiger partial charge in [-0.25, -0.2) is 0 Å². The van der Waals surface area contributed by atoms with Crippen molar-refractivity contribution in [3.8, 4) is 0 Å². The fourth-order valence-corrected chi connectivity index (χ4v) is 3.16. The van der Waals surface area contributed by atoms with Crippen molar-refractivity contribution >= 4 is 17.5 Å². The van der Waals surface area contributed by atoms with Gasteiger partial charge < -0.3 is 5.32 Å². The molecule has 0 bridgehead atoms. The number of amides is 1. The molecule has 0 spiro atoms. The Morgan fingerprint density at radius 1 is 1.23 bits per heavy atom. The normalized spacial score (nSPS) is 17.9. The van der Waals surface area contributed by atoms with Gasteiger partial charge in [-0.15, -0.1) is 0 Å². The van der Waals surface area contributed by atoms with Crippen molar-refractivity contribution in [1.29, 1.82) is 0 Å². The molecule has 8 heteroatoms. The fraction of sp³-hybridized carbons (Fsp3) is 0.714. The Bertz CT molecular complexity index is 534. The number of aromatic nitrogens is 2. The van der Waals surface area contributed by atoms with Crippen molar-refractivity contribution in [3.05, 3.63) is 16.4 Å². The number of aryl methyl sites for hydroxylation is 1. The minimum absolute atomic E-state index is 0.0276. The Labute approximate surface area is 132 Å². The summed E-state index contributed by atoms with van der Waals surface area (Å²) in [6.45, 7) is 0. The van der Waals surface area contributed by atoms with E-state index in [1.165, 1.54) is 6.42 Å². The van der Waals surface area contributed by atoms with Crippen molar-refractivity contribution in [2.75, 3.05) is 0 Å². The number of alkyl halides is 3. The molecule has 1 fully saturated rings. The molecule has 0 radical (unpaired) electrons. The third-order valence-electron chi connectivity index (χ3n) is 3.91. The summed E-state index contributed by atoms with van der Waals surface area (Å²) in [5.41, 5.74) is -1.46. The lowest BCUT2D eigenvalue weighted by molar-refractivity contribution is -0.143. The van der Waals surface area contributed by atoms with Crippen LogP contribution in [0, 0.1) is 0 Å². The number of nitrogens with zero attached hydrogens (tertiary/aromatic N) is 2. The van der Waals surface area contributed by atoms with Crippen LogP contribution in [-0.4, -0.2) is 21.7 Å². The van der Waals surface area contributed by atoms with Crippen molar-refractivity contribution < 1.29 is 18.0 Å². The highest BCUT2D eigenvalue weighted by Crippen LogP contribution is 2.36. The summed E-state index contributed by atoms with van der Waals surface area (Å²) in [4.78, 5) is 12.2. The summed E-state index contributed by atoms with van der Waals surface area (Å²) in [5.74, 6) is -0.637. The van der Waals surface area contributed by atoms with E-state index in [1.54, 1.807) is 0 Å². The zero-order chi connectivity index (χ0) is 16.3. The van der Waals surface area contributed by atoms with Crippen LogP contribution in [0.4, 0.5) is 13.2 Å². The minimum Gasteiger partial charge on any atom is -0.348 e. The van der Waals surface area contributed by atoms with Gasteiger partial charge in [0, 0.05) is 13.1 Å². The number of carbonyl (C=O) groups is 1. The molecule has 0 saturated heterocycles. The number of nitrogens with one attached hydrogen (secondary N) is 1. The molecule has 124 valence electrons. The second kappa shape index (κ2) is 6.89. The summed E-state index contributed by atoms with van der Waals surface area (Å²) in [7, 11) is 1.13. The van der Waals surface area contributed by atoms with Crippen LogP contribution in [0.1, 0.15) is 61.1 Å². The fourth-order valence-electron chi connectivity index (χ4n) is 2.81. The van der Waals surface area contributed by atoms with E-state index in [9.17, 15) is 18.0 Å². The first kappa shape index (κ1) is 17.1. The predicted molar refractivity (Wildman–Crippen MR) is 76.8 cm³/mol. The molecule has 1 aromatic heterocycles. The number of hydrogen-bond donors (Lipinski definition) is 1. The molecule has 22 heavy (non-hydrogen) atoms. The van der Waals surface area contributed by atoms with E-state index in [-0.39, 0.29) is 11.7 Å². The molecule has 1 amide bonds. The Balaban J connectivity index is 2.12. The Hall–Kier alpha value is -1.24. The molecule has 1 N–H and O–H groups in total. The third-order valence-corrected chi connectivity index (χ3v) is 4.27. The lowest BCUT2D eigenvalue weighted by Crippen LogP contribution is -2.35. The van der Waals surface area contributed by atoms with Gasteiger partial charge in [-0.2, -0.15) is 18.3 Å². The predicted octanol–water partition coefficient (Wildman–Crippen LogP) is 3.94. The molecule has 0 aliphatic heterocycles. The molecular formula is C14H19ClF3N3O. The first-order chi connectivity index (χ1) is 10.3. The molecule has 1 saturated carbocycles. The molecule has 2 rings (SSSR count). The van der Waals surface area contributed by atoms with Gasteiger partial charge in [0.2, 0.25) is 0 Å². The van der Waals surface area contributed by atoms with Gasteiger partial charge in [-0.1, -0.05) is 43.7 Å². The van der Waals surface area contributed by atoms with Crippen LogP contribution in [0.3, 0.4) is 0 Å². The Morgan fingerprint density at radius 2 is 1.77 bits per heavy atom. The van der Waals surface area contributed by atoms with Gasteiger partial charge in [0.25, 0.3) is 5.91 Å². The molecule has 0 atom stereocenters. The highest BCUT2D eigenvalue weighted by molar-refractivity contribution is 6.34. The van der Waals surface area contributed by atoms with Crippen LogP contribution < -0.4 is 5.32 Å². The van der Waals surface area contributed by atoms with Crippen LogP contribution in [0.5, 0.6) is 0 Å². The van der Waals surface area contributed by atoms with E-state index in [2.05, 4.69) is 10.4 Å². The summed E-state index contributed by atoms with van der Waals surface area (Å²) < 4.78 is 39.2. The number of carbonyl (C=O) groups excluding carboxylic acids is 1. The lowest BCUT2D eigenvalue weighted by atomic mass is 9.96. The molecule has 0 unspecified atom stereocenters. The maximum Gasteiger partial charge on any atom is 0.434 e. The van der Waals surface area contributed by atoms with Crippen LogP contribution >= 0.6 is 11.6 Å². The van der Waals surface area contributed by atoms with Gasteiger partial charge in [0.1, 0.15) is 5.02 Å². The van der Waals surface area contributed by atoms with Crippen LogP contribution in [0.25, 0.3) is 0 Å². The van der Waals surface area contributed by atoms with Gasteiger partial charge >= 0.3 is 6.18 Å². The van der Waals surface area contributed by atoms with E-state index < -0.39 is 22.8 Å². The van der Waals surface area contributed by atoms with E-state index in [0.29, 0.717) is 4.68 Å². The average Bonchev–Trinajstić information content (AvgIpc) is 2.67. The third kappa shape index (κ3) is 3.94. The smallest absolute Gasteiger partial charge is 0.348 e. The van der Waals surface area contributed by atoms with Crippen molar-refractivity contribution in [3.63, 3.8) is 0 Å². The second-order valence-corrected chi connectivity index (χ2v) is 6.03. The molecular weight excluding hydrogens is 319 g/mol. The first-order valence-electron chi connectivity index (χ1n) is 7.41. The van der Waals surface area contributed by atoms with E-state index >= 15 is 0 Å². The van der Waals surface area contributed by atoms with Gasteiger partial charge in [0.05, 0.1) is 0 Å². The maximum absolute atomic E-state index is 12.9. The van der Waals surface area contributed by atoms with Crippen LogP contribution in [0.15, 0.2) is 0 Å². The molecule has 1 aromatic rings. The highest BCUT2D eigenvalue weighted by atomic mass is 35.5. The molecule has 1 aliphatic rings. The second-order valence-electron chi connectivity index (χ2n) is 5.65. The van der Waals surface area contributed by atoms with Gasteiger partial charge in [0.15, 0.2) is 11.4 Å². The van der Waals surface area contributed by atoms with Gasteiger partial charge in [-0.3, -0.25) is 9.48 Å². The lowest BCUT2D eigenvalue weighted by Gasteiger charge is -2.20. The Kier molecular flexibility index (Phi) is 5.36. The van der Waals surface area contributed by atoms with E-state index in [4.69, 9.17) is 11.6 Å². The van der Waals surface area contributed by atoms with E-state index in [0.717, 1.165) is 45.6 Å². The zero-order valence-electron chi connectivity index (χ0n) is 12.3. The summed E-state index contributed by atoms with van der Waals surface area (Å²) in [5, 5.41) is 5.77. The largest absolute Gasteiger partial charge is 0.434 e. The van der Waals surface area contributed by atoms with Gasteiger partial charge in [-0.05, 0) is 12.8 Å². The van der Waals surface area contributed by atoms with E-state index in [1.807, 2.05) is 0 Å². The number of rotatable bonds is 2. The minimum atomic E-state index is -4.64. The zero-order valence-corrected chi connectivity index (χ0v) is 13.1. The van der Waals surface area contributed by atoms with Crippen molar-refractivity contribution in [2.45, 2.75) is 57.2 Å². The van der Waals surface area contributed by atoms with Crippen molar-refractivity contribution in [2.24, 2.45) is 7.05 Å². The molecule has 4 nitrogen and oxygen atoms in total. The van der Waals surface area contributed by atoms with Crippen LogP contribution in [0.2, 0.25) is 5.02 Å².